The number of nitrogens with zero attached hydrogens (tertiary/aromatic N) is 1. The van der Waals surface area contributed by atoms with Crippen LogP contribution in [-0.2, 0) is 20.8 Å². The van der Waals surface area contributed by atoms with Gasteiger partial charge >= 0.3 is 6.16 Å². The number of hydrogen-bond acceptors (Lipinski definition) is 6. The molecule has 7 heteroatoms. The second-order valence-electron chi connectivity index (χ2n) is 9.37. The maximum absolute atomic E-state index is 13.8. The van der Waals surface area contributed by atoms with Gasteiger partial charge in [-0.05, 0) is 36.1 Å². The molecule has 1 fully saturated rings. The van der Waals surface area contributed by atoms with Crippen molar-refractivity contribution in [1.29, 1.82) is 0 Å². The van der Waals surface area contributed by atoms with Crippen LogP contribution in [0.5, 0.6) is 0 Å². The van der Waals surface area contributed by atoms with Crippen LogP contribution in [0, 0.1) is 11.7 Å². The maximum atomic E-state index is 13.8. The van der Waals surface area contributed by atoms with Gasteiger partial charge in [-0.15, -0.1) is 0 Å². The highest BCUT2D eigenvalue weighted by molar-refractivity contribution is 6.01. The number of dihydropyridines is 1. The van der Waals surface area contributed by atoms with Gasteiger partial charge in [0, 0.05) is 30.3 Å². The summed E-state index contributed by atoms with van der Waals surface area (Å²) in [5.74, 6) is -0.435. The summed E-state index contributed by atoms with van der Waals surface area (Å²) in [5.41, 5.74) is 4.07. The molecule has 2 aromatic carbocycles. The second-order valence-corrected chi connectivity index (χ2v) is 9.37. The largest absolute Gasteiger partial charge is 0.513 e. The average molecular weight is 477 g/mol. The van der Waals surface area contributed by atoms with Crippen LogP contribution < -0.4 is 5.32 Å². The number of ketones is 1. The van der Waals surface area contributed by atoms with E-state index in [1.165, 1.54) is 19.2 Å². The lowest BCUT2D eigenvalue weighted by molar-refractivity contribution is -0.118. The molecule has 1 aliphatic carbocycles. The van der Waals surface area contributed by atoms with Crippen LogP contribution in [0.25, 0.3) is 0 Å². The van der Waals surface area contributed by atoms with E-state index >= 15 is 0 Å². The Labute approximate surface area is 204 Å². The lowest BCUT2D eigenvalue weighted by Crippen LogP contribution is -2.45. The van der Waals surface area contributed by atoms with Crippen molar-refractivity contribution in [1.82, 2.24) is 10.2 Å². The molecule has 5 rings (SSSR count). The molecule has 182 valence electrons. The molecule has 1 unspecified atom stereocenters. The number of ether oxygens (including phenoxy) is 2. The minimum atomic E-state index is -0.831. The summed E-state index contributed by atoms with van der Waals surface area (Å²) in [4.78, 5) is 28.0. The molecule has 0 spiro atoms. The van der Waals surface area contributed by atoms with Crippen LogP contribution in [0.2, 0.25) is 0 Å². The Morgan fingerprint density at radius 1 is 1.06 bits per heavy atom. The summed E-state index contributed by atoms with van der Waals surface area (Å²) < 4.78 is 24.4. The number of halogens is 1. The van der Waals surface area contributed by atoms with Gasteiger partial charge in [-0.3, -0.25) is 9.69 Å². The maximum Gasteiger partial charge on any atom is 0.513 e. The molecule has 2 heterocycles. The first-order valence-electron chi connectivity index (χ1n) is 12.1. The number of carbonyl (C=O) groups is 2. The SMILES string of the molecule is COC(=O)OC1=C(C2CCCC2)NC2=C(C(=O)CN(Cc3ccccc3)C2)C1c1ccc(F)cc1. The average Bonchev–Trinajstić information content (AvgIpc) is 3.40. The van der Waals surface area contributed by atoms with Crippen LogP contribution >= 0.6 is 0 Å². The standard InChI is InChI=1S/C28H29FN2O4/c1-34-28(33)35-27-24(19-11-13-21(29)14-12-19)25-22(30-26(27)20-9-5-6-10-20)16-31(17-23(25)32)15-18-7-3-2-4-8-18/h2-4,7-8,11-14,20,24,30H,5-6,9-10,15-17H2,1H3. The monoisotopic (exact) mass is 476 g/mol. The van der Waals surface area contributed by atoms with Crippen molar-refractivity contribution in [2.24, 2.45) is 5.92 Å². The first-order chi connectivity index (χ1) is 17.0. The highest BCUT2D eigenvalue weighted by Crippen LogP contribution is 2.45. The van der Waals surface area contributed by atoms with Gasteiger partial charge < -0.3 is 14.8 Å². The predicted molar refractivity (Wildman–Crippen MR) is 129 cm³/mol. The van der Waals surface area contributed by atoms with E-state index in [1.54, 1.807) is 12.1 Å². The number of carbonyl (C=O) groups excluding carboxylic acids is 2. The van der Waals surface area contributed by atoms with Gasteiger partial charge in [0.2, 0.25) is 0 Å². The Kier molecular flexibility index (Phi) is 6.68. The minimum absolute atomic E-state index is 0.0413. The van der Waals surface area contributed by atoms with Crippen LogP contribution in [0.15, 0.2) is 77.3 Å². The van der Waals surface area contributed by atoms with Gasteiger partial charge in [-0.1, -0.05) is 55.3 Å². The van der Waals surface area contributed by atoms with E-state index in [1.807, 2.05) is 18.2 Å². The molecule has 35 heavy (non-hydrogen) atoms. The number of nitrogens with one attached hydrogen (secondary N) is 1. The smallest absolute Gasteiger partial charge is 0.437 e. The van der Waals surface area contributed by atoms with E-state index in [-0.39, 0.29) is 24.1 Å². The Bertz CT molecular complexity index is 1170. The van der Waals surface area contributed by atoms with Crippen molar-refractivity contribution in [2.45, 2.75) is 38.1 Å². The van der Waals surface area contributed by atoms with Crippen molar-refractivity contribution in [3.05, 3.63) is 94.3 Å². The van der Waals surface area contributed by atoms with E-state index in [0.717, 1.165) is 42.6 Å². The fourth-order valence-corrected chi connectivity index (χ4v) is 5.46. The topological polar surface area (TPSA) is 67.9 Å². The van der Waals surface area contributed by atoms with Crippen molar-refractivity contribution in [3.8, 4) is 0 Å². The van der Waals surface area contributed by atoms with Gasteiger partial charge in [-0.25, -0.2) is 9.18 Å². The fraction of sp³-hybridized carbons (Fsp3) is 0.357. The highest BCUT2D eigenvalue weighted by Gasteiger charge is 2.42. The van der Waals surface area contributed by atoms with Crippen molar-refractivity contribution in [3.63, 3.8) is 0 Å². The van der Waals surface area contributed by atoms with E-state index in [2.05, 4.69) is 22.3 Å². The van der Waals surface area contributed by atoms with E-state index in [0.29, 0.717) is 30.0 Å². The van der Waals surface area contributed by atoms with Crippen molar-refractivity contribution < 1.29 is 23.5 Å². The molecule has 1 N–H and O–H groups in total. The van der Waals surface area contributed by atoms with Gasteiger partial charge in [0.25, 0.3) is 0 Å². The van der Waals surface area contributed by atoms with Crippen LogP contribution in [0.4, 0.5) is 9.18 Å². The third kappa shape index (κ3) is 4.86. The second kappa shape index (κ2) is 10.0. The third-order valence-electron chi connectivity index (χ3n) is 7.05. The Balaban J connectivity index is 1.57. The Morgan fingerprint density at radius 3 is 2.46 bits per heavy atom. The third-order valence-corrected chi connectivity index (χ3v) is 7.05. The van der Waals surface area contributed by atoms with E-state index in [4.69, 9.17) is 9.47 Å². The summed E-state index contributed by atoms with van der Waals surface area (Å²) in [7, 11) is 1.26. The summed E-state index contributed by atoms with van der Waals surface area (Å²) in [6.45, 7) is 1.47. The molecule has 0 amide bonds. The molecule has 0 saturated heterocycles. The zero-order valence-corrected chi connectivity index (χ0v) is 19.8. The number of rotatable bonds is 5. The lowest BCUT2D eigenvalue weighted by atomic mass is 9.79. The number of allylic oxidation sites excluding steroid dienone is 2. The van der Waals surface area contributed by atoms with Crippen molar-refractivity contribution in [2.75, 3.05) is 20.2 Å². The molecular formula is C28H29FN2O4. The van der Waals surface area contributed by atoms with Gasteiger partial charge in [0.1, 0.15) is 11.6 Å². The predicted octanol–water partition coefficient (Wildman–Crippen LogP) is 5.04. The molecule has 0 aromatic heterocycles. The summed E-state index contributed by atoms with van der Waals surface area (Å²) in [6, 6.07) is 16.1. The molecule has 1 saturated carbocycles. The molecular weight excluding hydrogens is 447 g/mol. The molecule has 0 bridgehead atoms. The highest BCUT2D eigenvalue weighted by atomic mass is 19.1. The first-order valence-corrected chi connectivity index (χ1v) is 12.1. The fourth-order valence-electron chi connectivity index (χ4n) is 5.46. The number of methoxy groups -OCH3 is 1. The Morgan fingerprint density at radius 2 is 1.77 bits per heavy atom. The minimum Gasteiger partial charge on any atom is -0.437 e. The van der Waals surface area contributed by atoms with Crippen LogP contribution in [-0.4, -0.2) is 37.0 Å². The van der Waals surface area contributed by atoms with E-state index in [9.17, 15) is 14.0 Å². The molecule has 0 radical (unpaired) electrons. The van der Waals surface area contributed by atoms with E-state index < -0.39 is 12.1 Å². The quantitative estimate of drug-likeness (QED) is 0.610. The normalized spacial score (nSPS) is 21.1. The van der Waals surface area contributed by atoms with Crippen LogP contribution in [0.3, 0.4) is 0 Å². The number of Topliss-reactive ketones (excluding diaryl/α,β-unsaturated/α-hetero) is 1. The Hall–Kier alpha value is -3.45. The molecule has 2 aliphatic heterocycles. The zero-order chi connectivity index (χ0) is 24.4. The molecule has 2 aromatic rings. The first kappa shape index (κ1) is 23.3. The van der Waals surface area contributed by atoms with Gasteiger partial charge in [-0.2, -0.15) is 0 Å². The summed E-state index contributed by atoms with van der Waals surface area (Å²) in [6.07, 6.45) is 3.29. The van der Waals surface area contributed by atoms with Gasteiger partial charge in [0.05, 0.1) is 25.3 Å². The molecule has 1 atom stereocenters. The summed E-state index contributed by atoms with van der Waals surface area (Å²) in [5, 5.41) is 3.52. The van der Waals surface area contributed by atoms with Crippen molar-refractivity contribution >= 4 is 11.9 Å². The van der Waals surface area contributed by atoms with Crippen LogP contribution in [0.1, 0.15) is 42.7 Å². The zero-order valence-electron chi connectivity index (χ0n) is 19.8. The lowest BCUT2D eigenvalue weighted by Gasteiger charge is -2.39. The molecule has 3 aliphatic rings. The molecule has 6 nitrogen and oxygen atoms in total. The number of hydrogen-bond donors (Lipinski definition) is 1. The van der Waals surface area contributed by atoms with Gasteiger partial charge in [0.15, 0.2) is 5.78 Å². The summed E-state index contributed by atoms with van der Waals surface area (Å²) >= 11 is 0. The number of benzene rings is 2.